The molecule has 0 amide bonds. The fourth-order valence-electron chi connectivity index (χ4n) is 0.845. The molecule has 0 bridgehead atoms. The number of hydrogen-bond donors (Lipinski definition) is 1. The number of nitrogens with zero attached hydrogens (tertiary/aromatic N) is 3. The summed E-state index contributed by atoms with van der Waals surface area (Å²) in [7, 11) is 0. The van der Waals surface area contributed by atoms with Crippen LogP contribution >= 0.6 is 23.4 Å². The Balaban J connectivity index is 2.84. The monoisotopic (exact) mass is 263 g/mol. The number of aliphatic hydroxyl groups excluding tert-OH is 1. The van der Waals surface area contributed by atoms with E-state index in [1.54, 1.807) is 0 Å². The molecule has 0 aliphatic heterocycles. The molecule has 0 radical (unpaired) electrons. The van der Waals surface area contributed by atoms with Gasteiger partial charge >= 0.3 is 5.69 Å². The third kappa shape index (κ3) is 3.58. The van der Waals surface area contributed by atoms with E-state index in [1.807, 2.05) is 6.92 Å². The smallest absolute Gasteiger partial charge is 0.319 e. The van der Waals surface area contributed by atoms with Gasteiger partial charge in [-0.25, -0.2) is 9.97 Å². The zero-order chi connectivity index (χ0) is 12.1. The highest BCUT2D eigenvalue weighted by atomic mass is 35.5. The van der Waals surface area contributed by atoms with Gasteiger partial charge in [0.2, 0.25) is 5.28 Å². The van der Waals surface area contributed by atoms with E-state index in [0.29, 0.717) is 5.75 Å². The minimum absolute atomic E-state index is 0.0234. The van der Waals surface area contributed by atoms with Gasteiger partial charge < -0.3 is 5.11 Å². The SMILES string of the molecule is CC(CO)CSc1nc(Cl)ncc1[N+](=O)[O-]. The lowest BCUT2D eigenvalue weighted by molar-refractivity contribution is -0.388. The van der Waals surface area contributed by atoms with E-state index >= 15 is 0 Å². The number of halogens is 1. The largest absolute Gasteiger partial charge is 0.396 e. The highest BCUT2D eigenvalue weighted by Crippen LogP contribution is 2.28. The molecule has 1 N–H and O–H groups in total. The van der Waals surface area contributed by atoms with Crippen LogP contribution in [0.5, 0.6) is 0 Å². The summed E-state index contributed by atoms with van der Waals surface area (Å²) in [4.78, 5) is 17.5. The summed E-state index contributed by atoms with van der Waals surface area (Å²) in [5.74, 6) is 0.573. The molecule has 1 unspecified atom stereocenters. The predicted molar refractivity (Wildman–Crippen MR) is 60.7 cm³/mol. The van der Waals surface area contributed by atoms with Gasteiger partial charge in [0.25, 0.3) is 0 Å². The average molecular weight is 264 g/mol. The summed E-state index contributed by atoms with van der Waals surface area (Å²) in [6, 6.07) is 0. The second-order valence-corrected chi connectivity index (χ2v) is 4.53. The van der Waals surface area contributed by atoms with Crippen molar-refractivity contribution in [2.24, 2.45) is 5.92 Å². The molecule has 6 nitrogen and oxygen atoms in total. The van der Waals surface area contributed by atoms with Crippen molar-refractivity contribution in [3.05, 3.63) is 21.6 Å². The van der Waals surface area contributed by atoms with Gasteiger partial charge in [0, 0.05) is 12.4 Å². The van der Waals surface area contributed by atoms with Crippen molar-refractivity contribution in [2.75, 3.05) is 12.4 Å². The van der Waals surface area contributed by atoms with E-state index in [0.717, 1.165) is 6.20 Å². The molecule has 1 aromatic heterocycles. The van der Waals surface area contributed by atoms with Crippen LogP contribution in [0.2, 0.25) is 5.28 Å². The van der Waals surface area contributed by atoms with Gasteiger partial charge in [-0.05, 0) is 17.5 Å². The van der Waals surface area contributed by atoms with Crippen molar-refractivity contribution >= 4 is 29.1 Å². The van der Waals surface area contributed by atoms with Crippen molar-refractivity contribution in [1.82, 2.24) is 9.97 Å². The molecule has 1 heterocycles. The Morgan fingerprint density at radius 1 is 1.75 bits per heavy atom. The molecule has 16 heavy (non-hydrogen) atoms. The number of nitro groups is 1. The fourth-order valence-corrected chi connectivity index (χ4v) is 2.00. The van der Waals surface area contributed by atoms with E-state index in [2.05, 4.69) is 9.97 Å². The first kappa shape index (κ1) is 13.1. The highest BCUT2D eigenvalue weighted by Gasteiger charge is 2.17. The second-order valence-electron chi connectivity index (χ2n) is 3.19. The first-order valence-corrected chi connectivity index (χ1v) is 5.81. The van der Waals surface area contributed by atoms with Gasteiger partial charge in [-0.15, -0.1) is 0 Å². The summed E-state index contributed by atoms with van der Waals surface area (Å²) in [6.45, 7) is 1.86. The summed E-state index contributed by atoms with van der Waals surface area (Å²) in [6.07, 6.45) is 1.08. The summed E-state index contributed by atoms with van der Waals surface area (Å²) in [5.41, 5.74) is -0.167. The van der Waals surface area contributed by atoms with E-state index in [9.17, 15) is 10.1 Å². The maximum atomic E-state index is 10.7. The van der Waals surface area contributed by atoms with Crippen LogP contribution in [0.25, 0.3) is 0 Å². The van der Waals surface area contributed by atoms with Crippen molar-refractivity contribution in [1.29, 1.82) is 0 Å². The van der Waals surface area contributed by atoms with Crippen molar-refractivity contribution in [2.45, 2.75) is 11.9 Å². The molecule has 0 aliphatic rings. The van der Waals surface area contributed by atoms with E-state index in [4.69, 9.17) is 16.7 Å². The Kier molecular flexibility index (Phi) is 4.91. The average Bonchev–Trinajstić information content (AvgIpc) is 2.25. The van der Waals surface area contributed by atoms with Crippen LogP contribution in [-0.4, -0.2) is 32.4 Å². The molecule has 0 aliphatic carbocycles. The lowest BCUT2D eigenvalue weighted by atomic mass is 10.2. The van der Waals surface area contributed by atoms with Gasteiger partial charge in [0.05, 0.1) is 4.92 Å². The summed E-state index contributed by atoms with van der Waals surface area (Å²) >= 11 is 6.75. The van der Waals surface area contributed by atoms with Crippen LogP contribution < -0.4 is 0 Å². The van der Waals surface area contributed by atoms with Crippen LogP contribution in [0, 0.1) is 16.0 Å². The van der Waals surface area contributed by atoms with Crippen LogP contribution in [-0.2, 0) is 0 Å². The Labute approximate surface area is 101 Å². The van der Waals surface area contributed by atoms with Crippen molar-refractivity contribution in [3.63, 3.8) is 0 Å². The molecule has 88 valence electrons. The lowest BCUT2D eigenvalue weighted by Gasteiger charge is -2.06. The molecular weight excluding hydrogens is 254 g/mol. The maximum Gasteiger partial charge on any atom is 0.319 e. The molecule has 0 saturated carbocycles. The molecule has 0 aromatic carbocycles. The summed E-state index contributed by atoms with van der Waals surface area (Å²) in [5, 5.41) is 19.7. The van der Waals surface area contributed by atoms with Crippen LogP contribution in [0.1, 0.15) is 6.92 Å². The zero-order valence-corrected chi connectivity index (χ0v) is 10.0. The Bertz CT molecular complexity index is 391. The molecule has 0 spiro atoms. The van der Waals surface area contributed by atoms with Gasteiger partial charge in [-0.2, -0.15) is 0 Å². The third-order valence-electron chi connectivity index (χ3n) is 1.72. The standard InChI is InChI=1S/C8H10ClN3O3S/c1-5(3-13)4-16-7-6(12(14)15)2-10-8(9)11-7/h2,5,13H,3-4H2,1H3. The van der Waals surface area contributed by atoms with Crippen LogP contribution in [0.3, 0.4) is 0 Å². The van der Waals surface area contributed by atoms with E-state index < -0.39 is 4.92 Å². The van der Waals surface area contributed by atoms with Gasteiger partial charge in [0.1, 0.15) is 6.20 Å². The zero-order valence-electron chi connectivity index (χ0n) is 8.46. The van der Waals surface area contributed by atoms with Gasteiger partial charge in [-0.3, -0.25) is 10.1 Å². The summed E-state index contributed by atoms with van der Waals surface area (Å²) < 4.78 is 0. The normalized spacial score (nSPS) is 12.4. The number of thioether (sulfide) groups is 1. The molecular formula is C8H10ClN3O3S. The molecule has 0 fully saturated rings. The minimum Gasteiger partial charge on any atom is -0.396 e. The molecule has 1 rings (SSSR count). The quantitative estimate of drug-likeness (QED) is 0.286. The number of aliphatic hydroxyl groups is 1. The number of aromatic nitrogens is 2. The van der Waals surface area contributed by atoms with Crippen molar-refractivity contribution < 1.29 is 10.0 Å². The van der Waals surface area contributed by atoms with E-state index in [-0.39, 0.29) is 28.5 Å². The topological polar surface area (TPSA) is 89.2 Å². The number of rotatable bonds is 5. The Morgan fingerprint density at radius 3 is 3.00 bits per heavy atom. The predicted octanol–water partition coefficient (Wildman–Crippen LogP) is 1.76. The maximum absolute atomic E-state index is 10.7. The van der Waals surface area contributed by atoms with Crippen molar-refractivity contribution in [3.8, 4) is 0 Å². The molecule has 0 saturated heterocycles. The second kappa shape index (κ2) is 5.97. The Hall–Kier alpha value is -0.920. The molecule has 1 atom stereocenters. The first-order valence-electron chi connectivity index (χ1n) is 4.45. The van der Waals surface area contributed by atoms with Crippen LogP contribution in [0.4, 0.5) is 5.69 Å². The molecule has 8 heteroatoms. The first-order chi connectivity index (χ1) is 7.54. The lowest BCUT2D eigenvalue weighted by Crippen LogP contribution is -2.04. The third-order valence-corrected chi connectivity index (χ3v) is 3.21. The highest BCUT2D eigenvalue weighted by molar-refractivity contribution is 7.99. The fraction of sp³-hybridized carbons (Fsp3) is 0.500. The Morgan fingerprint density at radius 2 is 2.44 bits per heavy atom. The van der Waals surface area contributed by atoms with Crippen LogP contribution in [0.15, 0.2) is 11.2 Å². The number of hydrogen-bond acceptors (Lipinski definition) is 6. The molecule has 1 aromatic rings. The van der Waals surface area contributed by atoms with E-state index in [1.165, 1.54) is 11.8 Å². The van der Waals surface area contributed by atoms with Gasteiger partial charge in [-0.1, -0.05) is 18.7 Å². The van der Waals surface area contributed by atoms with Gasteiger partial charge in [0.15, 0.2) is 5.03 Å². The minimum atomic E-state index is -0.553.